The molecule has 11 heteroatoms. The van der Waals surface area contributed by atoms with Crippen LogP contribution in [-0.4, -0.2) is 62.2 Å². The van der Waals surface area contributed by atoms with Crippen molar-refractivity contribution in [3.63, 3.8) is 0 Å². The zero-order chi connectivity index (χ0) is 31.0. The Morgan fingerprint density at radius 2 is 1.58 bits per heavy atom. The lowest BCUT2D eigenvalue weighted by molar-refractivity contribution is -0.140. The lowest BCUT2D eigenvalue weighted by Gasteiger charge is -2.35. The number of hydrogen-bond donors (Lipinski definition) is 1. The molecule has 43 heavy (non-hydrogen) atoms. The van der Waals surface area contributed by atoms with Gasteiger partial charge in [0.15, 0.2) is 0 Å². The van der Waals surface area contributed by atoms with Crippen LogP contribution in [0.2, 0.25) is 0 Å². The predicted octanol–water partition coefficient (Wildman–Crippen LogP) is 5.29. The molecule has 0 aromatic heterocycles. The molecule has 0 heterocycles. The molecule has 2 amide bonds. The summed E-state index contributed by atoms with van der Waals surface area (Å²) in [7, 11) is -1.42. The predicted molar refractivity (Wildman–Crippen MR) is 170 cm³/mol. The molecule has 3 aromatic carbocycles. The lowest BCUT2D eigenvalue weighted by Crippen LogP contribution is -2.55. The molecule has 1 atom stereocenters. The van der Waals surface area contributed by atoms with Gasteiger partial charge >= 0.3 is 10.2 Å². The summed E-state index contributed by atoms with van der Waals surface area (Å²) in [6.45, 7) is -0.505. The number of halogens is 2. The Morgan fingerprint density at radius 1 is 0.930 bits per heavy atom. The van der Waals surface area contributed by atoms with Crippen molar-refractivity contribution in [1.29, 1.82) is 0 Å². The highest BCUT2D eigenvalue weighted by molar-refractivity contribution is 9.10. The fourth-order valence-electron chi connectivity index (χ4n) is 5.25. The molecule has 0 radical (unpaired) electrons. The molecule has 3 aromatic rings. The van der Waals surface area contributed by atoms with Crippen molar-refractivity contribution < 1.29 is 22.4 Å². The van der Waals surface area contributed by atoms with Crippen LogP contribution in [0, 0.1) is 5.82 Å². The van der Waals surface area contributed by atoms with Crippen LogP contribution in [0.5, 0.6) is 0 Å². The second-order valence-electron chi connectivity index (χ2n) is 11.0. The number of nitrogens with one attached hydrogen (secondary N) is 1. The molecule has 0 bridgehead atoms. The van der Waals surface area contributed by atoms with Crippen LogP contribution in [0.4, 0.5) is 10.1 Å². The number of nitrogens with zero attached hydrogens (tertiary/aromatic N) is 3. The molecule has 0 unspecified atom stereocenters. The van der Waals surface area contributed by atoms with Crippen LogP contribution in [0.15, 0.2) is 83.3 Å². The SMILES string of the molecule is CN(C)S(=O)(=O)N(CC(=O)N(Cc1cccc(Br)c1)[C@H](Cc1ccccc1)C(=O)NC1CCCCC1)c1ccc(F)cc1. The maximum absolute atomic E-state index is 14.3. The number of benzene rings is 3. The Morgan fingerprint density at radius 3 is 2.21 bits per heavy atom. The van der Waals surface area contributed by atoms with Gasteiger partial charge in [-0.3, -0.25) is 9.59 Å². The van der Waals surface area contributed by atoms with Crippen LogP contribution < -0.4 is 9.62 Å². The smallest absolute Gasteiger partial charge is 0.304 e. The van der Waals surface area contributed by atoms with Crippen LogP contribution in [0.3, 0.4) is 0 Å². The summed E-state index contributed by atoms with van der Waals surface area (Å²) in [5.74, 6) is -1.37. The van der Waals surface area contributed by atoms with E-state index in [1.807, 2.05) is 54.6 Å². The largest absolute Gasteiger partial charge is 0.352 e. The summed E-state index contributed by atoms with van der Waals surface area (Å²) >= 11 is 3.49. The van der Waals surface area contributed by atoms with Crippen molar-refractivity contribution in [3.8, 4) is 0 Å². The Kier molecular flexibility index (Phi) is 11.3. The van der Waals surface area contributed by atoms with E-state index >= 15 is 0 Å². The van der Waals surface area contributed by atoms with Crippen LogP contribution >= 0.6 is 15.9 Å². The van der Waals surface area contributed by atoms with Gasteiger partial charge in [0, 0.05) is 37.6 Å². The molecular formula is C32H38BrFN4O4S. The first-order chi connectivity index (χ1) is 20.5. The van der Waals surface area contributed by atoms with E-state index in [0.29, 0.717) is 0 Å². The summed E-state index contributed by atoms with van der Waals surface area (Å²) in [5, 5.41) is 3.19. The number of carbonyl (C=O) groups is 2. The molecule has 4 rings (SSSR count). The zero-order valence-electron chi connectivity index (χ0n) is 24.5. The Labute approximate surface area is 262 Å². The second-order valence-corrected chi connectivity index (χ2v) is 14.0. The van der Waals surface area contributed by atoms with Crippen molar-refractivity contribution in [2.75, 3.05) is 24.9 Å². The van der Waals surface area contributed by atoms with E-state index in [4.69, 9.17) is 0 Å². The summed E-state index contributed by atoms with van der Waals surface area (Å²) in [6.07, 6.45) is 5.20. The average molecular weight is 674 g/mol. The summed E-state index contributed by atoms with van der Waals surface area (Å²) in [6, 6.07) is 20.9. The number of hydrogen-bond acceptors (Lipinski definition) is 4. The number of rotatable bonds is 12. The van der Waals surface area contributed by atoms with Crippen molar-refractivity contribution in [1.82, 2.24) is 14.5 Å². The third-order valence-corrected chi connectivity index (χ3v) is 9.91. The quantitative estimate of drug-likeness (QED) is 0.283. The molecule has 0 aliphatic heterocycles. The van der Waals surface area contributed by atoms with Gasteiger partial charge in [-0.05, 0) is 60.4 Å². The number of anilines is 1. The third kappa shape index (κ3) is 8.87. The Hall–Kier alpha value is -3.28. The van der Waals surface area contributed by atoms with E-state index in [1.54, 1.807) is 0 Å². The van der Waals surface area contributed by atoms with E-state index in [2.05, 4.69) is 21.2 Å². The molecule has 1 saturated carbocycles. The van der Waals surface area contributed by atoms with E-state index in [1.165, 1.54) is 31.1 Å². The van der Waals surface area contributed by atoms with Crippen molar-refractivity contribution >= 4 is 43.6 Å². The van der Waals surface area contributed by atoms with Crippen LogP contribution in [-0.2, 0) is 32.8 Å². The number of carbonyl (C=O) groups excluding carboxylic acids is 2. The minimum atomic E-state index is -4.15. The fraction of sp³-hybridized carbons (Fsp3) is 0.375. The van der Waals surface area contributed by atoms with Gasteiger partial charge in [0.05, 0.1) is 5.69 Å². The van der Waals surface area contributed by atoms with Gasteiger partial charge in [-0.15, -0.1) is 0 Å². The van der Waals surface area contributed by atoms with Crippen molar-refractivity contribution in [3.05, 3.63) is 100 Å². The molecule has 8 nitrogen and oxygen atoms in total. The van der Waals surface area contributed by atoms with E-state index in [9.17, 15) is 22.4 Å². The highest BCUT2D eigenvalue weighted by atomic mass is 79.9. The van der Waals surface area contributed by atoms with E-state index in [0.717, 1.165) is 68.4 Å². The molecule has 1 fully saturated rings. The molecular weight excluding hydrogens is 635 g/mol. The van der Waals surface area contributed by atoms with Gasteiger partial charge in [0.1, 0.15) is 18.4 Å². The van der Waals surface area contributed by atoms with Gasteiger partial charge in [0.2, 0.25) is 11.8 Å². The van der Waals surface area contributed by atoms with Gasteiger partial charge in [-0.25, -0.2) is 8.70 Å². The molecule has 0 spiro atoms. The van der Waals surface area contributed by atoms with E-state index < -0.39 is 34.5 Å². The monoisotopic (exact) mass is 672 g/mol. The highest BCUT2D eigenvalue weighted by Gasteiger charge is 2.35. The standard InChI is InChI=1S/C32H38BrFN4O4S/c1-36(2)43(41,42)38(29-18-16-27(34)17-19-29)23-31(39)37(22-25-12-9-13-26(33)20-25)30(21-24-10-5-3-6-11-24)32(40)35-28-14-7-4-8-15-28/h3,5-6,9-13,16-20,28,30H,4,7-8,14-15,21-23H2,1-2H3,(H,35,40)/t30-/m1/s1. The maximum Gasteiger partial charge on any atom is 0.304 e. The summed E-state index contributed by atoms with van der Waals surface area (Å²) in [5.41, 5.74) is 1.78. The first-order valence-corrected chi connectivity index (χ1v) is 16.6. The summed E-state index contributed by atoms with van der Waals surface area (Å²) < 4.78 is 43.4. The zero-order valence-corrected chi connectivity index (χ0v) is 26.9. The average Bonchev–Trinajstić information content (AvgIpc) is 2.99. The fourth-order valence-corrected chi connectivity index (χ4v) is 6.76. The van der Waals surface area contributed by atoms with Crippen molar-refractivity contribution in [2.45, 2.75) is 57.2 Å². The minimum Gasteiger partial charge on any atom is -0.352 e. The van der Waals surface area contributed by atoms with Crippen molar-refractivity contribution in [2.24, 2.45) is 0 Å². The Bertz CT molecular complexity index is 1480. The molecule has 230 valence electrons. The van der Waals surface area contributed by atoms with E-state index in [-0.39, 0.29) is 30.6 Å². The van der Waals surface area contributed by atoms with Crippen LogP contribution in [0.25, 0.3) is 0 Å². The minimum absolute atomic E-state index is 0.0205. The van der Waals surface area contributed by atoms with Gasteiger partial charge in [-0.2, -0.15) is 12.7 Å². The second kappa shape index (κ2) is 14.9. The molecule has 0 saturated heterocycles. The maximum atomic E-state index is 14.3. The third-order valence-electron chi connectivity index (χ3n) is 7.60. The molecule has 1 N–H and O–H groups in total. The van der Waals surface area contributed by atoms with Gasteiger partial charge in [-0.1, -0.05) is 77.7 Å². The molecule has 1 aliphatic carbocycles. The first kappa shape index (κ1) is 32.6. The highest BCUT2D eigenvalue weighted by Crippen LogP contribution is 2.24. The van der Waals surface area contributed by atoms with Crippen LogP contribution in [0.1, 0.15) is 43.2 Å². The topological polar surface area (TPSA) is 90.0 Å². The van der Waals surface area contributed by atoms with Gasteiger partial charge < -0.3 is 10.2 Å². The Balaban J connectivity index is 1.75. The summed E-state index contributed by atoms with van der Waals surface area (Å²) in [4.78, 5) is 29.8. The first-order valence-electron chi connectivity index (χ1n) is 14.4. The normalized spacial score (nSPS) is 14.7. The van der Waals surface area contributed by atoms with Gasteiger partial charge in [0.25, 0.3) is 0 Å². The number of amides is 2. The molecule has 1 aliphatic rings. The lowest BCUT2D eigenvalue weighted by atomic mass is 9.94.